The van der Waals surface area contributed by atoms with E-state index in [2.05, 4.69) is 9.73 Å². The molecule has 0 aromatic carbocycles. The molecule has 92 valence electrons. The number of rotatable bonds is 6. The highest BCUT2D eigenvalue weighted by molar-refractivity contribution is 5.91. The summed E-state index contributed by atoms with van der Waals surface area (Å²) in [4.78, 5) is 31.1. The van der Waals surface area contributed by atoms with Gasteiger partial charge in [-0.15, -0.1) is 0 Å². The molecule has 17 heavy (non-hydrogen) atoms. The van der Waals surface area contributed by atoms with Crippen LogP contribution >= 0.6 is 0 Å². The molecule has 0 bridgehead atoms. The van der Waals surface area contributed by atoms with Crippen molar-refractivity contribution in [2.24, 2.45) is 0 Å². The fourth-order valence-electron chi connectivity index (χ4n) is 1.08. The van der Waals surface area contributed by atoms with Gasteiger partial charge in [-0.2, -0.15) is 0 Å². The van der Waals surface area contributed by atoms with Crippen molar-refractivity contribution in [3.05, 3.63) is 28.0 Å². The van der Waals surface area contributed by atoms with Crippen LogP contribution in [0.5, 0.6) is 0 Å². The highest BCUT2D eigenvalue weighted by Gasteiger charge is 2.16. The molecule has 1 heterocycles. The van der Waals surface area contributed by atoms with Gasteiger partial charge in [0.1, 0.15) is 4.92 Å². The predicted octanol–water partition coefficient (Wildman–Crippen LogP) is 0.782. The van der Waals surface area contributed by atoms with E-state index < -0.39 is 22.7 Å². The highest BCUT2D eigenvalue weighted by atomic mass is 16.6. The highest BCUT2D eigenvalue weighted by Crippen LogP contribution is 2.15. The number of aliphatic carboxylic acids is 1. The third kappa shape index (κ3) is 3.93. The molecular formula is C9H10N2O6. The first-order valence-corrected chi connectivity index (χ1v) is 4.75. The number of carboxylic acid groups (broad SMARTS) is 1. The second-order valence-corrected chi connectivity index (χ2v) is 3.15. The largest absolute Gasteiger partial charge is 0.481 e. The molecule has 0 spiro atoms. The van der Waals surface area contributed by atoms with Gasteiger partial charge in [0.15, 0.2) is 5.76 Å². The number of hydrogen-bond acceptors (Lipinski definition) is 5. The van der Waals surface area contributed by atoms with Gasteiger partial charge in [-0.3, -0.25) is 19.7 Å². The lowest BCUT2D eigenvalue weighted by Crippen LogP contribution is -2.24. The fourth-order valence-corrected chi connectivity index (χ4v) is 1.08. The van der Waals surface area contributed by atoms with Gasteiger partial charge in [-0.1, -0.05) is 0 Å². The molecule has 0 fully saturated rings. The van der Waals surface area contributed by atoms with Gasteiger partial charge < -0.3 is 14.8 Å². The summed E-state index contributed by atoms with van der Waals surface area (Å²) < 4.78 is 4.66. The average molecular weight is 242 g/mol. The molecular weight excluding hydrogens is 232 g/mol. The molecule has 0 radical (unpaired) electrons. The second kappa shape index (κ2) is 5.64. The number of carboxylic acids is 1. The van der Waals surface area contributed by atoms with E-state index in [0.29, 0.717) is 0 Å². The summed E-state index contributed by atoms with van der Waals surface area (Å²) in [7, 11) is 0. The maximum atomic E-state index is 11.4. The zero-order chi connectivity index (χ0) is 12.8. The van der Waals surface area contributed by atoms with Gasteiger partial charge in [-0.05, 0) is 12.5 Å². The van der Waals surface area contributed by atoms with E-state index in [1.807, 2.05) is 0 Å². The van der Waals surface area contributed by atoms with Crippen molar-refractivity contribution < 1.29 is 24.0 Å². The zero-order valence-corrected chi connectivity index (χ0v) is 8.71. The molecule has 1 amide bonds. The van der Waals surface area contributed by atoms with Crippen LogP contribution in [0.25, 0.3) is 0 Å². The van der Waals surface area contributed by atoms with Crippen molar-refractivity contribution >= 4 is 17.8 Å². The Morgan fingerprint density at radius 3 is 2.71 bits per heavy atom. The Bertz CT molecular complexity index is 438. The van der Waals surface area contributed by atoms with Crippen molar-refractivity contribution in [2.75, 3.05) is 6.54 Å². The van der Waals surface area contributed by atoms with E-state index in [9.17, 15) is 19.7 Å². The van der Waals surface area contributed by atoms with Crippen LogP contribution in [0.3, 0.4) is 0 Å². The molecule has 1 aromatic rings. The van der Waals surface area contributed by atoms with Crippen LogP contribution in [-0.2, 0) is 4.79 Å². The summed E-state index contributed by atoms with van der Waals surface area (Å²) in [6.07, 6.45) is 0.225. The Labute approximate surface area is 95.4 Å². The first-order chi connectivity index (χ1) is 8.00. The molecule has 0 aliphatic carbocycles. The lowest BCUT2D eigenvalue weighted by atomic mass is 10.3. The Morgan fingerprint density at radius 2 is 2.18 bits per heavy atom. The van der Waals surface area contributed by atoms with Crippen molar-refractivity contribution in [3.63, 3.8) is 0 Å². The van der Waals surface area contributed by atoms with Gasteiger partial charge in [-0.25, -0.2) is 0 Å². The van der Waals surface area contributed by atoms with Crippen LogP contribution in [0.15, 0.2) is 16.5 Å². The SMILES string of the molecule is O=C(O)CCCNC(=O)c1ccc([N+](=O)[O-])o1. The molecule has 0 saturated heterocycles. The van der Waals surface area contributed by atoms with Crippen LogP contribution in [0.1, 0.15) is 23.4 Å². The standard InChI is InChI=1S/C9H10N2O6/c12-8(13)2-1-5-10-9(14)6-3-4-7(17-6)11(15)16/h3-4H,1-2,5H2,(H,10,14)(H,12,13). The molecule has 0 saturated carbocycles. The first kappa shape index (κ1) is 12.7. The molecule has 1 aromatic heterocycles. The number of carbonyl (C=O) groups is 2. The predicted molar refractivity (Wildman–Crippen MR) is 54.6 cm³/mol. The van der Waals surface area contributed by atoms with Gasteiger partial charge >= 0.3 is 11.9 Å². The van der Waals surface area contributed by atoms with Gasteiger partial charge in [0.25, 0.3) is 5.91 Å². The minimum atomic E-state index is -0.951. The van der Waals surface area contributed by atoms with Gasteiger partial charge in [0, 0.05) is 13.0 Å². The fraction of sp³-hybridized carbons (Fsp3) is 0.333. The Morgan fingerprint density at radius 1 is 1.47 bits per heavy atom. The van der Waals surface area contributed by atoms with Crippen LogP contribution in [0, 0.1) is 10.1 Å². The van der Waals surface area contributed by atoms with Crippen LogP contribution in [0.2, 0.25) is 0 Å². The van der Waals surface area contributed by atoms with Crippen molar-refractivity contribution in [2.45, 2.75) is 12.8 Å². The first-order valence-electron chi connectivity index (χ1n) is 4.75. The molecule has 1 rings (SSSR count). The van der Waals surface area contributed by atoms with Crippen molar-refractivity contribution in [3.8, 4) is 0 Å². The third-order valence-corrected chi connectivity index (χ3v) is 1.85. The summed E-state index contributed by atoms with van der Waals surface area (Å²) in [5.41, 5.74) is 0. The van der Waals surface area contributed by atoms with Gasteiger partial charge in [0.05, 0.1) is 6.07 Å². The molecule has 2 N–H and O–H groups in total. The maximum absolute atomic E-state index is 11.4. The number of amides is 1. The molecule has 8 nitrogen and oxygen atoms in total. The summed E-state index contributed by atoms with van der Waals surface area (Å²) in [6.45, 7) is 0.166. The van der Waals surface area contributed by atoms with E-state index in [1.54, 1.807) is 0 Å². The second-order valence-electron chi connectivity index (χ2n) is 3.15. The number of nitro groups is 1. The van der Waals surface area contributed by atoms with E-state index in [-0.39, 0.29) is 25.1 Å². The topological polar surface area (TPSA) is 123 Å². The molecule has 0 unspecified atom stereocenters. The Kier molecular flexibility index (Phi) is 4.21. The van der Waals surface area contributed by atoms with E-state index in [4.69, 9.17) is 5.11 Å². The smallest absolute Gasteiger partial charge is 0.433 e. The van der Waals surface area contributed by atoms with Gasteiger partial charge in [0.2, 0.25) is 0 Å². The minimum Gasteiger partial charge on any atom is -0.481 e. The van der Waals surface area contributed by atoms with Crippen molar-refractivity contribution in [1.82, 2.24) is 5.32 Å². The maximum Gasteiger partial charge on any atom is 0.433 e. The minimum absolute atomic E-state index is 0.0570. The van der Waals surface area contributed by atoms with E-state index in [1.165, 1.54) is 6.07 Å². The number of furan rings is 1. The third-order valence-electron chi connectivity index (χ3n) is 1.85. The monoisotopic (exact) mass is 242 g/mol. The quantitative estimate of drug-likeness (QED) is 0.431. The Balaban J connectivity index is 2.41. The summed E-state index contributed by atoms with van der Waals surface area (Å²) >= 11 is 0. The summed E-state index contributed by atoms with van der Waals surface area (Å²) in [5, 5.41) is 21.0. The van der Waals surface area contributed by atoms with Crippen LogP contribution in [-0.4, -0.2) is 28.5 Å². The lowest BCUT2D eigenvalue weighted by Gasteiger charge is -2.00. The number of nitrogens with one attached hydrogen (secondary N) is 1. The average Bonchev–Trinajstić information content (AvgIpc) is 2.73. The zero-order valence-electron chi connectivity index (χ0n) is 8.71. The molecule has 0 atom stereocenters. The summed E-state index contributed by atoms with van der Waals surface area (Å²) in [5.74, 6) is -2.25. The molecule has 8 heteroatoms. The number of nitrogens with zero attached hydrogens (tertiary/aromatic N) is 1. The Hall–Kier alpha value is -2.38. The van der Waals surface area contributed by atoms with Crippen LogP contribution in [0.4, 0.5) is 5.88 Å². The molecule has 0 aliphatic rings. The van der Waals surface area contributed by atoms with E-state index in [0.717, 1.165) is 6.07 Å². The van der Waals surface area contributed by atoms with Crippen LogP contribution < -0.4 is 5.32 Å². The number of carbonyl (C=O) groups excluding carboxylic acids is 1. The van der Waals surface area contributed by atoms with E-state index >= 15 is 0 Å². The lowest BCUT2D eigenvalue weighted by molar-refractivity contribution is -0.402. The number of hydrogen-bond donors (Lipinski definition) is 2. The molecule has 0 aliphatic heterocycles. The van der Waals surface area contributed by atoms with Crippen molar-refractivity contribution in [1.29, 1.82) is 0 Å². The normalized spacial score (nSPS) is 9.88. The summed E-state index contributed by atoms with van der Waals surface area (Å²) in [6, 6.07) is 2.26.